The Hall–Kier alpha value is -0.520. The van der Waals surface area contributed by atoms with Crippen molar-refractivity contribution >= 4 is 0 Å². The fraction of sp³-hybridized carbons (Fsp3) is 0.765. The van der Waals surface area contributed by atoms with Crippen LogP contribution in [0.4, 0.5) is 0 Å². The molecule has 0 aromatic rings. The highest BCUT2D eigenvalue weighted by Gasteiger charge is 2.03. The molecule has 0 saturated heterocycles. The molecular formula is C17H32. The summed E-state index contributed by atoms with van der Waals surface area (Å²) in [6, 6.07) is 0. The van der Waals surface area contributed by atoms with Gasteiger partial charge in [0.15, 0.2) is 0 Å². The van der Waals surface area contributed by atoms with Gasteiger partial charge in [0.1, 0.15) is 0 Å². The molecule has 0 spiro atoms. The maximum absolute atomic E-state index is 2.44. The van der Waals surface area contributed by atoms with E-state index in [0.29, 0.717) is 0 Å². The molecule has 1 unspecified atom stereocenters. The van der Waals surface area contributed by atoms with E-state index in [4.69, 9.17) is 0 Å². The molecule has 0 aliphatic heterocycles. The van der Waals surface area contributed by atoms with Gasteiger partial charge in [0.05, 0.1) is 0 Å². The topological polar surface area (TPSA) is 0 Å². The number of hydrogen-bond acceptors (Lipinski definition) is 0. The van der Waals surface area contributed by atoms with Crippen LogP contribution in [0.15, 0.2) is 23.3 Å². The largest absolute Gasteiger partial charge is 0.0856 e. The Morgan fingerprint density at radius 3 is 2.12 bits per heavy atom. The summed E-state index contributed by atoms with van der Waals surface area (Å²) < 4.78 is 0. The van der Waals surface area contributed by atoms with Gasteiger partial charge in [-0.3, -0.25) is 0 Å². The van der Waals surface area contributed by atoms with Gasteiger partial charge in [0.2, 0.25) is 0 Å². The van der Waals surface area contributed by atoms with E-state index in [1.165, 1.54) is 37.7 Å². The van der Waals surface area contributed by atoms with Crippen molar-refractivity contribution in [1.82, 2.24) is 0 Å². The monoisotopic (exact) mass is 236 g/mol. The normalized spacial score (nSPS) is 13.9. The van der Waals surface area contributed by atoms with Crippen LogP contribution in [0.25, 0.3) is 0 Å². The van der Waals surface area contributed by atoms with Crippen LogP contribution < -0.4 is 0 Å². The van der Waals surface area contributed by atoms with E-state index in [2.05, 4.69) is 53.7 Å². The van der Waals surface area contributed by atoms with Crippen molar-refractivity contribution in [2.75, 3.05) is 0 Å². The highest BCUT2D eigenvalue weighted by atomic mass is 14.1. The van der Waals surface area contributed by atoms with Crippen LogP contribution >= 0.6 is 0 Å². The van der Waals surface area contributed by atoms with E-state index in [9.17, 15) is 0 Å². The molecule has 0 fully saturated rings. The third-order valence-electron chi connectivity index (χ3n) is 3.12. The van der Waals surface area contributed by atoms with Crippen LogP contribution in [0.2, 0.25) is 0 Å². The average molecular weight is 236 g/mol. The number of rotatable bonds is 8. The Morgan fingerprint density at radius 2 is 1.59 bits per heavy atom. The van der Waals surface area contributed by atoms with Crippen molar-refractivity contribution in [3.05, 3.63) is 23.3 Å². The third-order valence-corrected chi connectivity index (χ3v) is 3.12. The zero-order valence-electron chi connectivity index (χ0n) is 12.8. The number of hydrogen-bond donors (Lipinski definition) is 0. The fourth-order valence-electron chi connectivity index (χ4n) is 2.23. The Balaban J connectivity index is 3.72. The molecule has 1 atom stereocenters. The predicted octanol–water partition coefficient (Wildman–Crippen LogP) is 6.14. The lowest BCUT2D eigenvalue weighted by atomic mass is 9.94. The summed E-state index contributed by atoms with van der Waals surface area (Å²) in [5.41, 5.74) is 2.99. The van der Waals surface area contributed by atoms with E-state index in [-0.39, 0.29) is 0 Å². The van der Waals surface area contributed by atoms with Gasteiger partial charge < -0.3 is 0 Å². The van der Waals surface area contributed by atoms with Crippen LogP contribution in [0.5, 0.6) is 0 Å². The minimum atomic E-state index is 0.841. The second-order valence-electron chi connectivity index (χ2n) is 6.18. The molecule has 0 rings (SSSR count). The summed E-state index contributed by atoms with van der Waals surface area (Å²) in [5.74, 6) is 1.71. The van der Waals surface area contributed by atoms with E-state index in [1.54, 1.807) is 5.57 Å². The van der Waals surface area contributed by atoms with Crippen molar-refractivity contribution in [3.8, 4) is 0 Å². The highest BCUT2D eigenvalue weighted by Crippen LogP contribution is 2.17. The van der Waals surface area contributed by atoms with E-state index in [1.807, 2.05) is 0 Å². The molecule has 0 aliphatic carbocycles. The van der Waals surface area contributed by atoms with Gasteiger partial charge in [-0.1, -0.05) is 44.1 Å². The maximum Gasteiger partial charge on any atom is -0.0288 e. The lowest BCUT2D eigenvalue weighted by Crippen LogP contribution is -1.99. The molecule has 0 aliphatic rings. The van der Waals surface area contributed by atoms with Crippen LogP contribution in [0, 0.1) is 11.8 Å². The zero-order valence-corrected chi connectivity index (χ0v) is 12.8. The zero-order chi connectivity index (χ0) is 13.3. The SMILES string of the molecule is CC(C)=CCCC(C)=CCCC(C)CC(C)C. The molecule has 0 nitrogen and oxygen atoms in total. The minimum Gasteiger partial charge on any atom is -0.0856 e. The molecule has 0 amide bonds. The lowest BCUT2D eigenvalue weighted by molar-refractivity contribution is 0.417. The van der Waals surface area contributed by atoms with E-state index >= 15 is 0 Å². The molecule has 0 saturated carbocycles. The van der Waals surface area contributed by atoms with Gasteiger partial charge in [0.25, 0.3) is 0 Å². The van der Waals surface area contributed by atoms with Gasteiger partial charge in [-0.15, -0.1) is 0 Å². The Morgan fingerprint density at radius 1 is 0.941 bits per heavy atom. The van der Waals surface area contributed by atoms with Crippen LogP contribution in [-0.4, -0.2) is 0 Å². The van der Waals surface area contributed by atoms with Gasteiger partial charge >= 0.3 is 0 Å². The molecule has 0 radical (unpaired) electrons. The Bertz CT molecular complexity index is 239. The molecule has 0 aromatic heterocycles. The van der Waals surface area contributed by atoms with Crippen molar-refractivity contribution in [2.45, 2.75) is 73.6 Å². The van der Waals surface area contributed by atoms with Gasteiger partial charge in [0, 0.05) is 0 Å². The van der Waals surface area contributed by atoms with Crippen molar-refractivity contribution in [2.24, 2.45) is 11.8 Å². The molecule has 100 valence electrons. The molecule has 0 heterocycles. The summed E-state index contributed by atoms with van der Waals surface area (Å²) in [5, 5.41) is 0. The minimum absolute atomic E-state index is 0.841. The Labute approximate surface area is 109 Å². The molecule has 0 bridgehead atoms. The van der Waals surface area contributed by atoms with Crippen molar-refractivity contribution in [1.29, 1.82) is 0 Å². The molecule has 0 heteroatoms. The summed E-state index contributed by atoms with van der Waals surface area (Å²) in [4.78, 5) is 0. The summed E-state index contributed by atoms with van der Waals surface area (Å²) in [6.45, 7) is 13.6. The first kappa shape index (κ1) is 16.5. The van der Waals surface area contributed by atoms with E-state index in [0.717, 1.165) is 11.8 Å². The summed E-state index contributed by atoms with van der Waals surface area (Å²) >= 11 is 0. The fourth-order valence-corrected chi connectivity index (χ4v) is 2.23. The number of allylic oxidation sites excluding steroid dienone is 4. The molecule has 0 N–H and O–H groups in total. The van der Waals surface area contributed by atoms with Crippen molar-refractivity contribution < 1.29 is 0 Å². The third kappa shape index (κ3) is 11.7. The quantitative estimate of drug-likeness (QED) is 0.444. The smallest absolute Gasteiger partial charge is 0.0288 e. The first-order valence-electron chi connectivity index (χ1n) is 7.20. The molecule has 17 heavy (non-hydrogen) atoms. The standard InChI is InChI=1S/C17H32/c1-14(2)9-7-10-16(5)11-8-12-17(6)13-15(3)4/h9,11,15,17H,7-8,10,12-13H2,1-6H3. The molecule has 0 aromatic carbocycles. The first-order chi connectivity index (χ1) is 7.91. The Kier molecular flexibility index (Phi) is 9.21. The van der Waals surface area contributed by atoms with Crippen LogP contribution in [0.3, 0.4) is 0 Å². The summed E-state index contributed by atoms with van der Waals surface area (Å²) in [7, 11) is 0. The predicted molar refractivity (Wildman–Crippen MR) is 80.3 cm³/mol. The van der Waals surface area contributed by atoms with E-state index < -0.39 is 0 Å². The van der Waals surface area contributed by atoms with Gasteiger partial charge in [-0.05, 0) is 64.7 Å². The van der Waals surface area contributed by atoms with Crippen LogP contribution in [0.1, 0.15) is 73.6 Å². The maximum atomic E-state index is 2.44. The highest BCUT2D eigenvalue weighted by molar-refractivity contribution is 5.02. The second-order valence-corrected chi connectivity index (χ2v) is 6.18. The first-order valence-corrected chi connectivity index (χ1v) is 7.20. The van der Waals surface area contributed by atoms with Crippen LogP contribution in [-0.2, 0) is 0 Å². The average Bonchev–Trinajstić information content (AvgIpc) is 2.15. The van der Waals surface area contributed by atoms with Gasteiger partial charge in [-0.2, -0.15) is 0 Å². The second kappa shape index (κ2) is 9.50. The summed E-state index contributed by atoms with van der Waals surface area (Å²) in [6.07, 6.45) is 11.2. The van der Waals surface area contributed by atoms with Gasteiger partial charge in [-0.25, -0.2) is 0 Å². The molecular weight excluding hydrogens is 204 g/mol. The van der Waals surface area contributed by atoms with Crippen molar-refractivity contribution in [3.63, 3.8) is 0 Å². The lowest BCUT2D eigenvalue weighted by Gasteiger charge is -2.12.